The number of Topliss-reactive ketones (excluding diaryl/α,β-unsaturated/α-hetero) is 1. The molecule has 178 valence electrons. The summed E-state index contributed by atoms with van der Waals surface area (Å²) < 4.78 is 6.00. The number of aromatic nitrogens is 1. The highest BCUT2D eigenvalue weighted by molar-refractivity contribution is 6.46. The average Bonchev–Trinajstić information content (AvgIpc) is 3.18. The van der Waals surface area contributed by atoms with Crippen LogP contribution < -0.4 is 4.74 Å². The number of nitrogens with zero attached hydrogens (tertiary/aromatic N) is 2. The summed E-state index contributed by atoms with van der Waals surface area (Å²) in [6.45, 7) is 0.550. The summed E-state index contributed by atoms with van der Waals surface area (Å²) in [7, 11) is 0. The van der Waals surface area contributed by atoms with E-state index < -0.39 is 17.7 Å². The molecule has 1 aromatic heterocycles. The quantitative estimate of drug-likeness (QED) is 0.223. The van der Waals surface area contributed by atoms with Crippen molar-refractivity contribution in [1.29, 1.82) is 0 Å². The lowest BCUT2D eigenvalue weighted by Gasteiger charge is -2.25. The van der Waals surface area contributed by atoms with Gasteiger partial charge in [-0.1, -0.05) is 78.9 Å². The number of carbonyl (C=O) groups excluding carboxylic acids is 2. The third kappa shape index (κ3) is 4.74. The number of ketones is 1. The molecule has 1 N–H and O–H groups in total. The van der Waals surface area contributed by atoms with Crippen molar-refractivity contribution in [3.8, 4) is 5.75 Å². The second kappa shape index (κ2) is 10.3. The van der Waals surface area contributed by atoms with Crippen molar-refractivity contribution in [3.63, 3.8) is 0 Å². The molecule has 6 nitrogen and oxygen atoms in total. The van der Waals surface area contributed by atoms with E-state index in [0.29, 0.717) is 23.5 Å². The molecule has 0 saturated carbocycles. The number of amides is 1. The lowest BCUT2D eigenvalue weighted by Crippen LogP contribution is -2.29. The third-order valence-corrected chi connectivity index (χ3v) is 6.09. The van der Waals surface area contributed by atoms with Crippen LogP contribution in [0.25, 0.3) is 5.76 Å². The Balaban J connectivity index is 1.55. The minimum Gasteiger partial charge on any atom is -0.507 e. The number of benzene rings is 3. The molecule has 1 aliphatic rings. The molecule has 4 aromatic rings. The van der Waals surface area contributed by atoms with Gasteiger partial charge in [0.15, 0.2) is 0 Å². The third-order valence-electron chi connectivity index (χ3n) is 6.09. The Morgan fingerprint density at radius 2 is 1.58 bits per heavy atom. The molecule has 6 heteroatoms. The zero-order valence-electron chi connectivity index (χ0n) is 19.5. The lowest BCUT2D eigenvalue weighted by molar-refractivity contribution is -0.140. The van der Waals surface area contributed by atoms with Gasteiger partial charge in [-0.3, -0.25) is 14.6 Å². The van der Waals surface area contributed by atoms with E-state index in [4.69, 9.17) is 4.74 Å². The molecule has 0 spiro atoms. The maximum absolute atomic E-state index is 13.2. The highest BCUT2D eigenvalue weighted by Crippen LogP contribution is 2.41. The maximum Gasteiger partial charge on any atom is 0.295 e. The van der Waals surface area contributed by atoms with E-state index in [2.05, 4.69) is 4.98 Å². The Morgan fingerprint density at radius 3 is 2.31 bits per heavy atom. The van der Waals surface area contributed by atoms with Crippen LogP contribution >= 0.6 is 0 Å². The SMILES string of the molecule is O=C1C(=O)N(Cc2cccnc2)C(c2cccc(OCc3ccccc3)c2)/C1=C(\O)c1ccccc1. The Hall–Kier alpha value is -4.71. The molecular weight excluding hydrogens is 452 g/mol. The predicted molar refractivity (Wildman–Crippen MR) is 136 cm³/mol. The van der Waals surface area contributed by atoms with Gasteiger partial charge in [-0.25, -0.2) is 0 Å². The van der Waals surface area contributed by atoms with Crippen LogP contribution in [-0.2, 0) is 22.7 Å². The first-order valence-corrected chi connectivity index (χ1v) is 11.6. The number of ether oxygens (including phenoxy) is 1. The topological polar surface area (TPSA) is 79.7 Å². The summed E-state index contributed by atoms with van der Waals surface area (Å²) in [4.78, 5) is 32.1. The number of rotatable bonds is 7. The number of hydrogen-bond donors (Lipinski definition) is 1. The number of hydrogen-bond acceptors (Lipinski definition) is 5. The molecule has 1 aliphatic heterocycles. The van der Waals surface area contributed by atoms with Crippen LogP contribution in [0.5, 0.6) is 5.75 Å². The van der Waals surface area contributed by atoms with Crippen LogP contribution in [0.2, 0.25) is 0 Å². The molecule has 0 aliphatic carbocycles. The maximum atomic E-state index is 13.2. The Labute approximate surface area is 209 Å². The van der Waals surface area contributed by atoms with Gasteiger partial charge in [-0.05, 0) is 34.9 Å². The van der Waals surface area contributed by atoms with Crippen LogP contribution in [0.3, 0.4) is 0 Å². The fourth-order valence-electron chi connectivity index (χ4n) is 4.34. The second-order valence-electron chi connectivity index (χ2n) is 8.50. The molecule has 1 atom stereocenters. The van der Waals surface area contributed by atoms with Crippen molar-refractivity contribution in [3.05, 3.63) is 137 Å². The van der Waals surface area contributed by atoms with Crippen LogP contribution in [-0.4, -0.2) is 26.7 Å². The van der Waals surface area contributed by atoms with Crippen LogP contribution in [0, 0.1) is 0 Å². The lowest BCUT2D eigenvalue weighted by atomic mass is 9.95. The van der Waals surface area contributed by atoms with Crippen LogP contribution in [0.15, 0.2) is 115 Å². The van der Waals surface area contributed by atoms with Crippen LogP contribution in [0.1, 0.15) is 28.3 Å². The van der Waals surface area contributed by atoms with Gasteiger partial charge >= 0.3 is 0 Å². The van der Waals surface area contributed by atoms with E-state index >= 15 is 0 Å². The largest absolute Gasteiger partial charge is 0.507 e. The standard InChI is InChI=1S/C30H24N2O4/c33-28(23-12-5-2-6-13-23)26-27(32(30(35)29(26)34)19-22-11-8-16-31-18-22)24-14-7-15-25(17-24)36-20-21-9-3-1-4-10-21/h1-18,27,33H,19-20H2/b28-26+. The van der Waals surface area contributed by atoms with E-state index in [1.807, 2.05) is 66.7 Å². The van der Waals surface area contributed by atoms with Gasteiger partial charge in [0.2, 0.25) is 0 Å². The summed E-state index contributed by atoms with van der Waals surface area (Å²) >= 11 is 0. The molecule has 1 amide bonds. The molecule has 3 aromatic carbocycles. The van der Waals surface area contributed by atoms with Gasteiger partial charge < -0.3 is 14.7 Å². The average molecular weight is 477 g/mol. The molecule has 2 heterocycles. The zero-order valence-corrected chi connectivity index (χ0v) is 19.5. The molecule has 36 heavy (non-hydrogen) atoms. The highest BCUT2D eigenvalue weighted by atomic mass is 16.5. The van der Waals surface area contributed by atoms with Gasteiger partial charge in [0.1, 0.15) is 18.1 Å². The minimum absolute atomic E-state index is 0.0512. The van der Waals surface area contributed by atoms with Crippen molar-refractivity contribution in [1.82, 2.24) is 9.88 Å². The van der Waals surface area contributed by atoms with Crippen molar-refractivity contribution in [2.45, 2.75) is 19.2 Å². The summed E-state index contributed by atoms with van der Waals surface area (Å²) in [5.74, 6) is -0.996. The fourth-order valence-corrected chi connectivity index (χ4v) is 4.34. The first-order valence-electron chi connectivity index (χ1n) is 11.6. The Kier molecular flexibility index (Phi) is 6.58. The molecule has 1 unspecified atom stereocenters. The Morgan fingerprint density at radius 1 is 0.861 bits per heavy atom. The van der Waals surface area contributed by atoms with Crippen molar-refractivity contribution < 1.29 is 19.4 Å². The van der Waals surface area contributed by atoms with Gasteiger partial charge in [-0.15, -0.1) is 0 Å². The zero-order chi connectivity index (χ0) is 24.9. The van der Waals surface area contributed by atoms with Gasteiger partial charge in [0, 0.05) is 24.5 Å². The molecule has 1 fully saturated rings. The minimum atomic E-state index is -0.786. The first-order chi connectivity index (χ1) is 17.6. The molecule has 0 bridgehead atoms. The number of pyridine rings is 1. The molecule has 5 rings (SSSR count). The van der Waals surface area contributed by atoms with Crippen molar-refractivity contribution in [2.75, 3.05) is 0 Å². The van der Waals surface area contributed by atoms with E-state index in [1.54, 1.807) is 42.7 Å². The normalized spacial score (nSPS) is 16.8. The van der Waals surface area contributed by atoms with E-state index in [1.165, 1.54) is 4.90 Å². The summed E-state index contributed by atoms with van der Waals surface area (Å²) in [6, 6.07) is 28.7. The van der Waals surface area contributed by atoms with Crippen molar-refractivity contribution in [2.24, 2.45) is 0 Å². The summed E-state index contributed by atoms with van der Waals surface area (Å²) in [6.07, 6.45) is 3.31. The summed E-state index contributed by atoms with van der Waals surface area (Å²) in [5, 5.41) is 11.2. The predicted octanol–water partition coefficient (Wildman–Crippen LogP) is 5.28. The Bertz CT molecular complexity index is 1400. The van der Waals surface area contributed by atoms with E-state index in [0.717, 1.165) is 11.1 Å². The van der Waals surface area contributed by atoms with Gasteiger partial charge in [-0.2, -0.15) is 0 Å². The van der Waals surface area contributed by atoms with E-state index in [-0.39, 0.29) is 17.9 Å². The summed E-state index contributed by atoms with van der Waals surface area (Å²) in [5.41, 5.74) is 2.99. The van der Waals surface area contributed by atoms with E-state index in [9.17, 15) is 14.7 Å². The van der Waals surface area contributed by atoms with Gasteiger partial charge in [0.25, 0.3) is 11.7 Å². The van der Waals surface area contributed by atoms with Crippen molar-refractivity contribution >= 4 is 17.4 Å². The fraction of sp³-hybridized carbons (Fsp3) is 0.100. The van der Waals surface area contributed by atoms with Gasteiger partial charge in [0.05, 0.1) is 11.6 Å². The number of carbonyl (C=O) groups is 2. The number of likely N-dealkylation sites (tertiary alicyclic amines) is 1. The number of aliphatic hydroxyl groups is 1. The highest BCUT2D eigenvalue weighted by Gasteiger charge is 2.46. The number of aliphatic hydroxyl groups excluding tert-OH is 1. The molecule has 0 radical (unpaired) electrons. The smallest absolute Gasteiger partial charge is 0.295 e. The second-order valence-corrected chi connectivity index (χ2v) is 8.50. The molecular formula is C30H24N2O4. The monoisotopic (exact) mass is 476 g/mol. The molecule has 1 saturated heterocycles. The first kappa shape index (κ1) is 23.1. The van der Waals surface area contributed by atoms with Crippen LogP contribution in [0.4, 0.5) is 0 Å².